The first-order valence-electron chi connectivity index (χ1n) is 8.48. The highest BCUT2D eigenvalue weighted by atomic mass is 32.2. The maximum atomic E-state index is 12.7. The molecule has 1 aromatic carbocycles. The van der Waals surface area contributed by atoms with Crippen molar-refractivity contribution in [1.82, 2.24) is 9.21 Å². The number of sulfonamides is 1. The van der Waals surface area contributed by atoms with Crippen molar-refractivity contribution in [2.24, 2.45) is 0 Å². The van der Waals surface area contributed by atoms with Gasteiger partial charge in [-0.3, -0.25) is 0 Å². The van der Waals surface area contributed by atoms with Crippen LogP contribution < -0.4 is 0 Å². The van der Waals surface area contributed by atoms with Crippen molar-refractivity contribution in [3.63, 3.8) is 0 Å². The molecule has 1 saturated heterocycles. The van der Waals surface area contributed by atoms with E-state index in [0.29, 0.717) is 17.7 Å². The van der Waals surface area contributed by atoms with Crippen LogP contribution in [0.1, 0.15) is 38.8 Å². The molecule has 0 spiro atoms. The van der Waals surface area contributed by atoms with Crippen LogP contribution in [-0.2, 0) is 20.5 Å². The van der Waals surface area contributed by atoms with Gasteiger partial charge in [-0.25, -0.2) is 13.2 Å². The number of piperazine rings is 1. The molecule has 1 aliphatic heterocycles. The predicted octanol–water partition coefficient (Wildman–Crippen LogP) is 2.33. The van der Waals surface area contributed by atoms with Gasteiger partial charge in [0, 0.05) is 25.7 Å². The molecular formula is C18H25N3O4S. The fourth-order valence-electron chi connectivity index (χ4n) is 2.75. The number of hydrogen-bond donors (Lipinski definition) is 0. The molecule has 0 saturated carbocycles. The van der Waals surface area contributed by atoms with Gasteiger partial charge in [-0.1, -0.05) is 12.1 Å². The number of benzene rings is 1. The summed E-state index contributed by atoms with van der Waals surface area (Å²) in [5, 5.41) is 8.82. The summed E-state index contributed by atoms with van der Waals surface area (Å²) < 4.78 is 32.2. The van der Waals surface area contributed by atoms with Gasteiger partial charge in [0.05, 0.1) is 17.4 Å². The van der Waals surface area contributed by atoms with E-state index in [1.807, 2.05) is 13.0 Å². The van der Waals surface area contributed by atoms with E-state index >= 15 is 0 Å². The Balaban J connectivity index is 2.02. The third kappa shape index (κ3) is 5.19. The highest BCUT2D eigenvalue weighted by Gasteiger charge is 2.35. The van der Waals surface area contributed by atoms with Gasteiger partial charge in [-0.05, 0) is 45.4 Å². The van der Waals surface area contributed by atoms with Gasteiger partial charge in [0.2, 0.25) is 10.0 Å². The fraction of sp³-hybridized carbons (Fsp3) is 0.556. The third-order valence-electron chi connectivity index (χ3n) is 4.04. The second-order valence-corrected chi connectivity index (χ2v) is 9.41. The van der Waals surface area contributed by atoms with Crippen molar-refractivity contribution in [3.05, 3.63) is 35.4 Å². The van der Waals surface area contributed by atoms with Crippen molar-refractivity contribution in [2.75, 3.05) is 19.6 Å². The van der Waals surface area contributed by atoms with Gasteiger partial charge >= 0.3 is 6.09 Å². The van der Waals surface area contributed by atoms with Crippen LogP contribution in [0, 0.1) is 11.3 Å². The summed E-state index contributed by atoms with van der Waals surface area (Å²) in [7, 11) is -3.50. The normalized spacial score (nSPS) is 19.0. The number of nitrogens with zero attached hydrogens (tertiary/aromatic N) is 3. The molecule has 1 heterocycles. The van der Waals surface area contributed by atoms with E-state index in [1.165, 1.54) is 4.31 Å². The third-order valence-corrected chi connectivity index (χ3v) is 5.86. The smallest absolute Gasteiger partial charge is 0.410 e. The Morgan fingerprint density at radius 1 is 1.27 bits per heavy atom. The summed E-state index contributed by atoms with van der Waals surface area (Å²) in [6.07, 6.45) is -0.422. The highest BCUT2D eigenvalue weighted by Crippen LogP contribution is 2.19. The van der Waals surface area contributed by atoms with Crippen molar-refractivity contribution < 1.29 is 17.9 Å². The summed E-state index contributed by atoms with van der Waals surface area (Å²) >= 11 is 0. The number of rotatable bonds is 3. The first-order chi connectivity index (χ1) is 12.0. The second kappa shape index (κ2) is 7.64. The quantitative estimate of drug-likeness (QED) is 0.804. The van der Waals surface area contributed by atoms with Gasteiger partial charge in [-0.2, -0.15) is 9.57 Å². The average molecular weight is 379 g/mol. The molecule has 7 nitrogen and oxygen atoms in total. The predicted molar refractivity (Wildman–Crippen MR) is 97.8 cm³/mol. The zero-order chi connectivity index (χ0) is 19.5. The van der Waals surface area contributed by atoms with Crippen LogP contribution in [0.15, 0.2) is 24.3 Å². The summed E-state index contributed by atoms with van der Waals surface area (Å²) in [6.45, 7) is 7.98. The van der Waals surface area contributed by atoms with E-state index in [2.05, 4.69) is 0 Å². The molecular weight excluding hydrogens is 354 g/mol. The van der Waals surface area contributed by atoms with Crippen molar-refractivity contribution in [2.45, 2.75) is 45.1 Å². The van der Waals surface area contributed by atoms with Crippen LogP contribution in [-0.4, -0.2) is 55.0 Å². The lowest BCUT2D eigenvalue weighted by molar-refractivity contribution is 0.00857. The Morgan fingerprint density at radius 2 is 1.88 bits per heavy atom. The SMILES string of the molecule is C[C@@H]1CN(S(=O)(=O)Cc2ccc(C#N)cc2)CCN1C(=O)OC(C)(C)C. The minimum absolute atomic E-state index is 0.127. The Hall–Kier alpha value is -2.11. The van der Waals surface area contributed by atoms with Crippen molar-refractivity contribution in [3.8, 4) is 6.07 Å². The van der Waals surface area contributed by atoms with Crippen LogP contribution >= 0.6 is 0 Å². The van der Waals surface area contributed by atoms with E-state index in [0.717, 1.165) is 0 Å². The van der Waals surface area contributed by atoms with Gasteiger partial charge < -0.3 is 9.64 Å². The van der Waals surface area contributed by atoms with E-state index in [1.54, 1.807) is 49.9 Å². The molecule has 8 heteroatoms. The van der Waals surface area contributed by atoms with Crippen LogP contribution in [0.4, 0.5) is 4.79 Å². The summed E-state index contributed by atoms with van der Waals surface area (Å²) in [4.78, 5) is 13.8. The standard InChI is InChI=1S/C18H25N3O4S/c1-14-12-20(9-10-21(14)17(22)25-18(2,3)4)26(23,24)13-16-7-5-15(11-19)6-8-16/h5-8,14H,9-10,12-13H2,1-4H3/t14-/m1/s1. The van der Waals surface area contributed by atoms with Gasteiger partial charge in [-0.15, -0.1) is 0 Å². The van der Waals surface area contributed by atoms with E-state index in [9.17, 15) is 13.2 Å². The molecule has 142 valence electrons. The minimum Gasteiger partial charge on any atom is -0.444 e. The molecule has 0 bridgehead atoms. The van der Waals surface area contributed by atoms with Crippen molar-refractivity contribution >= 4 is 16.1 Å². The maximum absolute atomic E-state index is 12.7. The molecule has 26 heavy (non-hydrogen) atoms. The molecule has 0 unspecified atom stereocenters. The molecule has 0 N–H and O–H groups in total. The Labute approximate surface area is 155 Å². The highest BCUT2D eigenvalue weighted by molar-refractivity contribution is 7.88. The number of carbonyl (C=O) groups excluding carboxylic acids is 1. The number of carbonyl (C=O) groups is 1. The number of amides is 1. The summed E-state index contributed by atoms with van der Waals surface area (Å²) in [5.41, 5.74) is 0.534. The summed E-state index contributed by atoms with van der Waals surface area (Å²) in [5.74, 6) is -0.127. The molecule has 0 radical (unpaired) electrons. The molecule has 0 aliphatic carbocycles. The zero-order valence-electron chi connectivity index (χ0n) is 15.6. The zero-order valence-corrected chi connectivity index (χ0v) is 16.4. The van der Waals surface area contributed by atoms with E-state index < -0.39 is 21.7 Å². The van der Waals surface area contributed by atoms with Gasteiger partial charge in [0.25, 0.3) is 0 Å². The first-order valence-corrected chi connectivity index (χ1v) is 10.1. The lowest BCUT2D eigenvalue weighted by Gasteiger charge is -2.39. The number of nitriles is 1. The largest absolute Gasteiger partial charge is 0.444 e. The molecule has 0 aromatic heterocycles. The van der Waals surface area contributed by atoms with Gasteiger partial charge in [0.1, 0.15) is 5.60 Å². The van der Waals surface area contributed by atoms with Crippen molar-refractivity contribution in [1.29, 1.82) is 5.26 Å². The second-order valence-electron chi connectivity index (χ2n) is 7.45. The molecule has 1 amide bonds. The average Bonchev–Trinajstić information content (AvgIpc) is 2.53. The van der Waals surface area contributed by atoms with Crippen LogP contribution in [0.3, 0.4) is 0 Å². The molecule has 1 aliphatic rings. The van der Waals surface area contributed by atoms with E-state index in [4.69, 9.17) is 10.00 Å². The maximum Gasteiger partial charge on any atom is 0.410 e. The van der Waals surface area contributed by atoms with E-state index in [-0.39, 0.29) is 24.9 Å². The van der Waals surface area contributed by atoms with Crippen LogP contribution in [0.5, 0.6) is 0 Å². The molecule has 1 fully saturated rings. The number of ether oxygens (including phenoxy) is 1. The molecule has 1 aromatic rings. The Bertz CT molecular complexity index is 791. The Morgan fingerprint density at radius 3 is 2.38 bits per heavy atom. The molecule has 2 rings (SSSR count). The lowest BCUT2D eigenvalue weighted by Crippen LogP contribution is -2.56. The van der Waals surface area contributed by atoms with Gasteiger partial charge in [0.15, 0.2) is 0 Å². The number of hydrogen-bond acceptors (Lipinski definition) is 5. The molecule has 1 atom stereocenters. The first kappa shape index (κ1) is 20.2. The van der Waals surface area contributed by atoms with Crippen LogP contribution in [0.25, 0.3) is 0 Å². The fourth-order valence-corrected chi connectivity index (χ4v) is 4.35. The monoisotopic (exact) mass is 379 g/mol. The van der Waals surface area contributed by atoms with Crippen LogP contribution in [0.2, 0.25) is 0 Å². The summed E-state index contributed by atoms with van der Waals surface area (Å²) in [6, 6.07) is 8.25. The topological polar surface area (TPSA) is 90.7 Å². The lowest BCUT2D eigenvalue weighted by atomic mass is 10.2. The minimum atomic E-state index is -3.50. The Kier molecular flexibility index (Phi) is 5.94.